The molecule has 1 spiro atoms. The van der Waals surface area contributed by atoms with E-state index in [1.54, 1.807) is 0 Å². The minimum absolute atomic E-state index is 0.0319. The maximum atomic E-state index is 12.1. The first-order valence-corrected chi connectivity index (χ1v) is 8.41. The SMILES string of the molecule is CCO[C@H]1C[C@@H](NC(=O)NCC2(CO)CC2)C12CCCC2. The molecular formula is C16H28N2O3. The van der Waals surface area contributed by atoms with Gasteiger partial charge in [0, 0.05) is 30.0 Å². The number of nitrogens with one attached hydrogen (secondary N) is 2. The van der Waals surface area contributed by atoms with Gasteiger partial charge >= 0.3 is 6.03 Å². The fourth-order valence-corrected chi connectivity index (χ4v) is 4.13. The lowest BCUT2D eigenvalue weighted by atomic mass is 9.60. The van der Waals surface area contributed by atoms with Gasteiger partial charge in [-0.25, -0.2) is 4.79 Å². The van der Waals surface area contributed by atoms with E-state index in [4.69, 9.17) is 4.74 Å². The van der Waals surface area contributed by atoms with Gasteiger partial charge in [-0.3, -0.25) is 0 Å². The number of rotatable bonds is 6. The number of urea groups is 1. The number of ether oxygens (including phenoxy) is 1. The Labute approximate surface area is 126 Å². The first-order chi connectivity index (χ1) is 10.1. The molecule has 0 aromatic rings. The Morgan fingerprint density at radius 2 is 2.00 bits per heavy atom. The summed E-state index contributed by atoms with van der Waals surface area (Å²) < 4.78 is 5.86. The molecular weight excluding hydrogens is 268 g/mol. The van der Waals surface area contributed by atoms with Gasteiger partial charge in [0.25, 0.3) is 0 Å². The van der Waals surface area contributed by atoms with Crippen LogP contribution in [0.15, 0.2) is 0 Å². The van der Waals surface area contributed by atoms with Gasteiger partial charge in [0.2, 0.25) is 0 Å². The average Bonchev–Trinajstić information content (AvgIpc) is 3.07. The minimum atomic E-state index is -0.0825. The van der Waals surface area contributed by atoms with Gasteiger partial charge in [0.05, 0.1) is 12.7 Å². The summed E-state index contributed by atoms with van der Waals surface area (Å²) in [6.45, 7) is 3.56. The zero-order chi connectivity index (χ0) is 14.9. The fraction of sp³-hybridized carbons (Fsp3) is 0.938. The lowest BCUT2D eigenvalue weighted by molar-refractivity contribution is -0.126. The van der Waals surface area contributed by atoms with Gasteiger partial charge in [-0.1, -0.05) is 12.8 Å². The highest BCUT2D eigenvalue weighted by Crippen LogP contribution is 2.54. The molecule has 3 rings (SSSR count). The molecule has 120 valence electrons. The van der Waals surface area contributed by atoms with E-state index in [-0.39, 0.29) is 29.5 Å². The van der Waals surface area contributed by atoms with Crippen LogP contribution >= 0.6 is 0 Å². The number of hydrogen-bond donors (Lipinski definition) is 3. The second-order valence-electron chi connectivity index (χ2n) is 7.16. The van der Waals surface area contributed by atoms with Crippen molar-refractivity contribution in [1.29, 1.82) is 0 Å². The van der Waals surface area contributed by atoms with Crippen LogP contribution in [0.2, 0.25) is 0 Å². The highest BCUT2D eigenvalue weighted by Gasteiger charge is 2.57. The van der Waals surface area contributed by atoms with Gasteiger partial charge in [-0.2, -0.15) is 0 Å². The molecule has 3 fully saturated rings. The third-order valence-corrected chi connectivity index (χ3v) is 5.91. The summed E-state index contributed by atoms with van der Waals surface area (Å²) in [6.07, 6.45) is 8.13. The van der Waals surface area contributed by atoms with Gasteiger partial charge in [0.1, 0.15) is 0 Å². The van der Waals surface area contributed by atoms with E-state index >= 15 is 0 Å². The highest BCUT2D eigenvalue weighted by molar-refractivity contribution is 5.74. The standard InChI is InChI=1S/C16H28N2O3/c1-2-21-13-9-12(16(13)5-3-4-6-16)18-14(20)17-10-15(11-19)7-8-15/h12-13,19H,2-11H2,1H3,(H2,17,18,20)/t12-,13+/m1/s1. The number of amides is 2. The zero-order valence-electron chi connectivity index (χ0n) is 13.0. The average molecular weight is 296 g/mol. The molecule has 0 saturated heterocycles. The topological polar surface area (TPSA) is 70.6 Å². The Morgan fingerprint density at radius 3 is 2.57 bits per heavy atom. The number of carbonyl (C=O) groups excluding carboxylic acids is 1. The predicted octanol–water partition coefficient (Wildman–Crippen LogP) is 1.80. The maximum Gasteiger partial charge on any atom is 0.315 e. The Kier molecular flexibility index (Phi) is 4.14. The Morgan fingerprint density at radius 1 is 1.29 bits per heavy atom. The molecule has 0 radical (unpaired) electrons. The van der Waals surface area contributed by atoms with E-state index < -0.39 is 0 Å². The third-order valence-electron chi connectivity index (χ3n) is 5.91. The molecule has 3 saturated carbocycles. The van der Waals surface area contributed by atoms with E-state index in [0.717, 1.165) is 25.9 Å². The van der Waals surface area contributed by atoms with Crippen molar-refractivity contribution in [3.05, 3.63) is 0 Å². The lowest BCUT2D eigenvalue weighted by Crippen LogP contribution is -2.65. The summed E-state index contributed by atoms with van der Waals surface area (Å²) in [7, 11) is 0. The maximum absolute atomic E-state index is 12.1. The Hall–Kier alpha value is -0.810. The molecule has 0 aromatic heterocycles. The van der Waals surface area contributed by atoms with Crippen molar-refractivity contribution in [1.82, 2.24) is 10.6 Å². The summed E-state index contributed by atoms with van der Waals surface area (Å²) in [5, 5.41) is 15.4. The summed E-state index contributed by atoms with van der Waals surface area (Å²) in [5.41, 5.74) is 0.150. The molecule has 2 amide bonds. The van der Waals surface area contributed by atoms with Gasteiger partial charge < -0.3 is 20.5 Å². The smallest absolute Gasteiger partial charge is 0.315 e. The molecule has 0 unspecified atom stereocenters. The molecule has 2 atom stereocenters. The largest absolute Gasteiger partial charge is 0.396 e. The first-order valence-electron chi connectivity index (χ1n) is 8.41. The molecule has 3 aliphatic rings. The summed E-state index contributed by atoms with van der Waals surface area (Å²) in [6, 6.07) is 0.168. The summed E-state index contributed by atoms with van der Waals surface area (Å²) in [4.78, 5) is 12.1. The van der Waals surface area contributed by atoms with E-state index in [1.807, 2.05) is 6.92 Å². The number of hydrogen-bond acceptors (Lipinski definition) is 3. The molecule has 0 aliphatic heterocycles. The second kappa shape index (κ2) is 5.76. The van der Waals surface area contributed by atoms with E-state index in [1.165, 1.54) is 25.7 Å². The van der Waals surface area contributed by atoms with Crippen molar-refractivity contribution >= 4 is 6.03 Å². The number of carbonyl (C=O) groups is 1. The van der Waals surface area contributed by atoms with Crippen LogP contribution < -0.4 is 10.6 Å². The van der Waals surface area contributed by atoms with Crippen LogP contribution in [0.3, 0.4) is 0 Å². The Bertz CT molecular complexity index is 389. The van der Waals surface area contributed by atoms with Crippen molar-refractivity contribution < 1.29 is 14.6 Å². The molecule has 5 nitrogen and oxygen atoms in total. The van der Waals surface area contributed by atoms with Crippen LogP contribution in [0.5, 0.6) is 0 Å². The van der Waals surface area contributed by atoms with Crippen molar-refractivity contribution in [2.45, 2.75) is 64.0 Å². The van der Waals surface area contributed by atoms with Crippen molar-refractivity contribution in [3.8, 4) is 0 Å². The Balaban J connectivity index is 1.49. The quantitative estimate of drug-likeness (QED) is 0.700. The van der Waals surface area contributed by atoms with E-state index in [0.29, 0.717) is 12.6 Å². The van der Waals surface area contributed by atoms with E-state index in [9.17, 15) is 9.90 Å². The van der Waals surface area contributed by atoms with Crippen molar-refractivity contribution in [2.24, 2.45) is 10.8 Å². The van der Waals surface area contributed by atoms with Crippen LogP contribution in [0.4, 0.5) is 4.79 Å². The second-order valence-corrected chi connectivity index (χ2v) is 7.16. The fourth-order valence-electron chi connectivity index (χ4n) is 4.13. The van der Waals surface area contributed by atoms with Gasteiger partial charge in [-0.15, -0.1) is 0 Å². The molecule has 3 aliphatic carbocycles. The van der Waals surface area contributed by atoms with Crippen LogP contribution in [-0.2, 0) is 4.74 Å². The molecule has 0 bridgehead atoms. The van der Waals surface area contributed by atoms with E-state index in [2.05, 4.69) is 10.6 Å². The lowest BCUT2D eigenvalue weighted by Gasteiger charge is -2.54. The minimum Gasteiger partial charge on any atom is -0.396 e. The molecule has 5 heteroatoms. The van der Waals surface area contributed by atoms with Crippen LogP contribution in [-0.4, -0.2) is 43.0 Å². The molecule has 0 aromatic carbocycles. The first kappa shape index (κ1) is 15.1. The number of aliphatic hydroxyl groups is 1. The van der Waals surface area contributed by atoms with Crippen molar-refractivity contribution in [2.75, 3.05) is 19.8 Å². The third kappa shape index (κ3) is 2.78. The molecule has 3 N–H and O–H groups in total. The van der Waals surface area contributed by atoms with Gasteiger partial charge in [0.15, 0.2) is 0 Å². The zero-order valence-corrected chi connectivity index (χ0v) is 13.0. The summed E-state index contributed by atoms with van der Waals surface area (Å²) >= 11 is 0. The predicted molar refractivity (Wildman–Crippen MR) is 80.0 cm³/mol. The van der Waals surface area contributed by atoms with Crippen LogP contribution in [0, 0.1) is 10.8 Å². The summed E-state index contributed by atoms with van der Waals surface area (Å²) in [5.74, 6) is 0. The molecule has 0 heterocycles. The monoisotopic (exact) mass is 296 g/mol. The highest BCUT2D eigenvalue weighted by atomic mass is 16.5. The number of aliphatic hydroxyl groups excluding tert-OH is 1. The molecule has 21 heavy (non-hydrogen) atoms. The van der Waals surface area contributed by atoms with Crippen LogP contribution in [0.1, 0.15) is 51.9 Å². The van der Waals surface area contributed by atoms with Crippen LogP contribution in [0.25, 0.3) is 0 Å². The normalized spacial score (nSPS) is 31.7. The van der Waals surface area contributed by atoms with Gasteiger partial charge in [-0.05, 0) is 39.0 Å². The van der Waals surface area contributed by atoms with Crippen molar-refractivity contribution in [3.63, 3.8) is 0 Å².